The Kier molecular flexibility index (Phi) is 4.36. The van der Waals surface area contributed by atoms with E-state index in [2.05, 4.69) is 113 Å². The number of allylic oxidation sites excluding steroid dienone is 1. The van der Waals surface area contributed by atoms with Crippen molar-refractivity contribution in [2.75, 3.05) is 19.0 Å². The number of anilines is 1. The first-order chi connectivity index (χ1) is 14.2. The van der Waals surface area contributed by atoms with Crippen LogP contribution in [0.15, 0.2) is 77.5 Å². The normalized spacial score (nSPS) is 17.9. The number of nitrogens with zero attached hydrogens (tertiary/aromatic N) is 2. The average Bonchev–Trinajstić information content (AvgIpc) is 3.43. The molecule has 0 amide bonds. The minimum atomic E-state index is -0.223. The van der Waals surface area contributed by atoms with Gasteiger partial charge in [0, 0.05) is 53.8 Å². The third-order valence-electron chi connectivity index (χ3n) is 5.83. The van der Waals surface area contributed by atoms with Crippen LogP contribution in [0.4, 0.5) is 5.69 Å². The van der Waals surface area contributed by atoms with Gasteiger partial charge in [0.2, 0.25) is 0 Å². The molecule has 0 spiro atoms. The van der Waals surface area contributed by atoms with Gasteiger partial charge >= 0.3 is 0 Å². The second kappa shape index (κ2) is 7.05. The molecule has 1 atom stereocenters. The van der Waals surface area contributed by atoms with Crippen LogP contribution in [-0.2, 0) is 11.8 Å². The number of fused-ring (bicyclic) bond motifs is 1. The zero-order valence-electron chi connectivity index (χ0n) is 16.6. The van der Waals surface area contributed by atoms with E-state index in [4.69, 9.17) is 0 Å². The lowest BCUT2D eigenvalue weighted by molar-refractivity contribution is 0.620. The van der Waals surface area contributed by atoms with Crippen LogP contribution in [0.5, 0.6) is 0 Å². The van der Waals surface area contributed by atoms with Crippen LogP contribution in [0, 0.1) is 0 Å². The van der Waals surface area contributed by atoms with Gasteiger partial charge in [0.1, 0.15) is 5.69 Å². The van der Waals surface area contributed by atoms with Crippen molar-refractivity contribution in [2.24, 2.45) is 0 Å². The monoisotopic (exact) mass is 397 g/mol. The molecule has 3 nitrogen and oxygen atoms in total. The van der Waals surface area contributed by atoms with Gasteiger partial charge < -0.3 is 4.90 Å². The van der Waals surface area contributed by atoms with E-state index in [9.17, 15) is 0 Å². The molecule has 0 fully saturated rings. The highest BCUT2D eigenvalue weighted by molar-refractivity contribution is 7.08. The van der Waals surface area contributed by atoms with E-state index in [1.54, 1.807) is 11.3 Å². The summed E-state index contributed by atoms with van der Waals surface area (Å²) in [5.74, 6) is 0. The molecule has 5 rings (SSSR count). The molecule has 4 heteroatoms. The zero-order valence-corrected chi connectivity index (χ0v) is 17.4. The summed E-state index contributed by atoms with van der Waals surface area (Å²) in [7, 11) is 4.18. The van der Waals surface area contributed by atoms with E-state index in [0.717, 1.165) is 12.1 Å². The van der Waals surface area contributed by atoms with Gasteiger partial charge in [-0.05, 0) is 34.7 Å². The molecule has 0 bridgehead atoms. The summed E-state index contributed by atoms with van der Waals surface area (Å²) >= 11 is 1.70. The predicted octanol–water partition coefficient (Wildman–Crippen LogP) is 5.76. The number of hydrogen-bond donors (Lipinski definition) is 1. The van der Waals surface area contributed by atoms with E-state index in [1.165, 1.54) is 33.6 Å². The van der Waals surface area contributed by atoms with Gasteiger partial charge in [0.15, 0.2) is 0 Å². The molecule has 1 unspecified atom stereocenters. The molecular weight excluding hydrogens is 374 g/mol. The summed E-state index contributed by atoms with van der Waals surface area (Å²) in [6, 6.07) is 21.8. The predicted molar refractivity (Wildman–Crippen MR) is 123 cm³/mol. The first-order valence-corrected chi connectivity index (χ1v) is 10.7. The number of hydrogen-bond acceptors (Lipinski definition) is 3. The Balaban J connectivity index is 1.67. The highest BCUT2D eigenvalue weighted by Crippen LogP contribution is 2.43. The van der Waals surface area contributed by atoms with Crippen LogP contribution < -0.4 is 4.90 Å². The van der Waals surface area contributed by atoms with Crippen molar-refractivity contribution >= 4 is 23.1 Å². The van der Waals surface area contributed by atoms with Crippen molar-refractivity contribution in [3.8, 4) is 11.3 Å². The number of benzene rings is 2. The molecule has 2 aromatic carbocycles. The lowest BCUT2D eigenvalue weighted by atomic mass is 9.68. The summed E-state index contributed by atoms with van der Waals surface area (Å²) in [5, 5.41) is 12.3. The maximum atomic E-state index is 4.66. The van der Waals surface area contributed by atoms with E-state index in [0.29, 0.717) is 0 Å². The van der Waals surface area contributed by atoms with Crippen molar-refractivity contribution in [1.29, 1.82) is 0 Å². The molecule has 4 aromatic rings. The topological polar surface area (TPSA) is 31.9 Å². The van der Waals surface area contributed by atoms with Crippen LogP contribution in [0.1, 0.15) is 22.4 Å². The Hall–Kier alpha value is -3.11. The highest BCUT2D eigenvalue weighted by atomic mass is 32.1. The first kappa shape index (κ1) is 18.0. The lowest BCUT2D eigenvalue weighted by Gasteiger charge is -2.35. The second-order valence-electron chi connectivity index (χ2n) is 7.77. The molecule has 0 saturated heterocycles. The second-order valence-corrected chi connectivity index (χ2v) is 8.55. The summed E-state index contributed by atoms with van der Waals surface area (Å²) in [4.78, 5) is 2.16. The number of nitrogens with one attached hydrogen (secondary N) is 1. The SMILES string of the molecule is CN(C)c1cccc(C2(c3ccccc3)C=Cc3c(-c4ccsc4)n[nH]c3C2)c1. The number of thiophene rings is 1. The van der Waals surface area contributed by atoms with Gasteiger partial charge in [-0.2, -0.15) is 16.4 Å². The number of aromatic amines is 1. The molecule has 1 aliphatic carbocycles. The molecule has 29 heavy (non-hydrogen) atoms. The van der Waals surface area contributed by atoms with Crippen molar-refractivity contribution in [3.63, 3.8) is 0 Å². The van der Waals surface area contributed by atoms with Crippen molar-refractivity contribution < 1.29 is 0 Å². The van der Waals surface area contributed by atoms with E-state index < -0.39 is 0 Å². The number of aromatic nitrogens is 2. The lowest BCUT2D eigenvalue weighted by Crippen LogP contribution is -2.30. The summed E-state index contributed by atoms with van der Waals surface area (Å²) in [6.07, 6.45) is 5.48. The van der Waals surface area contributed by atoms with Gasteiger partial charge in [-0.3, -0.25) is 5.10 Å². The highest BCUT2D eigenvalue weighted by Gasteiger charge is 2.36. The van der Waals surface area contributed by atoms with Crippen LogP contribution >= 0.6 is 11.3 Å². The quantitative estimate of drug-likeness (QED) is 0.475. The molecule has 1 N–H and O–H groups in total. The largest absolute Gasteiger partial charge is 0.378 e. The maximum absolute atomic E-state index is 4.66. The Bertz CT molecular complexity index is 1160. The molecule has 144 valence electrons. The number of H-pyrrole nitrogens is 1. The van der Waals surface area contributed by atoms with Gasteiger partial charge in [-0.25, -0.2) is 0 Å². The Labute approximate surface area is 175 Å². The fourth-order valence-corrected chi connectivity index (χ4v) is 4.88. The van der Waals surface area contributed by atoms with E-state index >= 15 is 0 Å². The smallest absolute Gasteiger partial charge is 0.100 e. The van der Waals surface area contributed by atoms with Crippen LogP contribution in [0.2, 0.25) is 0 Å². The third kappa shape index (κ3) is 3.00. The first-order valence-electron chi connectivity index (χ1n) is 9.80. The van der Waals surface area contributed by atoms with Crippen molar-refractivity contribution in [2.45, 2.75) is 11.8 Å². The molecule has 2 aromatic heterocycles. The van der Waals surface area contributed by atoms with Crippen molar-refractivity contribution in [3.05, 3.63) is 99.9 Å². The fraction of sp³-hybridized carbons (Fsp3) is 0.160. The Morgan fingerprint density at radius 3 is 2.59 bits per heavy atom. The van der Waals surface area contributed by atoms with Gasteiger partial charge in [-0.15, -0.1) is 0 Å². The standard InChI is InChI=1S/C25H23N3S/c1-28(2)21-10-6-9-20(15-21)25(19-7-4-3-5-8-19)13-11-22-23(16-25)26-27-24(22)18-12-14-29-17-18/h3-15,17H,16H2,1-2H3,(H,26,27). The molecule has 2 heterocycles. The molecule has 1 aliphatic rings. The average molecular weight is 398 g/mol. The van der Waals surface area contributed by atoms with E-state index in [1.807, 2.05) is 0 Å². The summed E-state index contributed by atoms with van der Waals surface area (Å²) < 4.78 is 0. The van der Waals surface area contributed by atoms with Crippen LogP contribution in [0.25, 0.3) is 17.3 Å². The van der Waals surface area contributed by atoms with E-state index in [-0.39, 0.29) is 5.41 Å². The van der Waals surface area contributed by atoms with Crippen LogP contribution in [-0.4, -0.2) is 24.3 Å². The molecule has 0 aliphatic heterocycles. The van der Waals surface area contributed by atoms with Gasteiger partial charge in [-0.1, -0.05) is 54.6 Å². The van der Waals surface area contributed by atoms with Crippen molar-refractivity contribution in [1.82, 2.24) is 10.2 Å². The van der Waals surface area contributed by atoms with Gasteiger partial charge in [0.05, 0.1) is 0 Å². The minimum Gasteiger partial charge on any atom is -0.378 e. The van der Waals surface area contributed by atoms with Gasteiger partial charge in [0.25, 0.3) is 0 Å². The Morgan fingerprint density at radius 1 is 1.00 bits per heavy atom. The zero-order chi connectivity index (χ0) is 19.8. The Morgan fingerprint density at radius 2 is 1.83 bits per heavy atom. The number of rotatable bonds is 4. The summed E-state index contributed by atoms with van der Waals surface area (Å²) in [6.45, 7) is 0. The molecular formula is C25H23N3S. The summed E-state index contributed by atoms with van der Waals surface area (Å²) in [5.41, 5.74) is 8.19. The van der Waals surface area contributed by atoms with Crippen LogP contribution in [0.3, 0.4) is 0 Å². The molecule has 0 radical (unpaired) electrons. The maximum Gasteiger partial charge on any atom is 0.100 e. The minimum absolute atomic E-state index is 0.223. The fourth-order valence-electron chi connectivity index (χ4n) is 4.24. The molecule has 0 saturated carbocycles. The third-order valence-corrected chi connectivity index (χ3v) is 6.52.